The maximum Gasteiger partial charge on any atom is 0.335 e. The van der Waals surface area contributed by atoms with Gasteiger partial charge in [0.25, 0.3) is 0 Å². The van der Waals surface area contributed by atoms with Gasteiger partial charge in [0.05, 0.1) is 13.2 Å². The van der Waals surface area contributed by atoms with E-state index in [0.29, 0.717) is 0 Å². The normalized spacial score (nSPS) is 13.7. The van der Waals surface area contributed by atoms with Crippen LogP contribution in [-0.2, 0) is 13.7 Å². The SMILES string of the molecule is CO[PH](=O)ON(CCO)CCO. The molecule has 12 heavy (non-hydrogen) atoms. The fourth-order valence-electron chi connectivity index (χ4n) is 0.569. The molecule has 0 bridgehead atoms. The van der Waals surface area contributed by atoms with Gasteiger partial charge in [0, 0.05) is 20.2 Å². The molecule has 0 radical (unpaired) electrons. The Morgan fingerprint density at radius 1 is 1.33 bits per heavy atom. The lowest BCUT2D eigenvalue weighted by Gasteiger charge is -2.17. The Kier molecular flexibility index (Phi) is 7.69. The molecule has 0 spiro atoms. The first-order valence-electron chi connectivity index (χ1n) is 3.47. The Labute approximate surface area is 71.6 Å². The van der Waals surface area contributed by atoms with Crippen LogP contribution in [0.2, 0.25) is 0 Å². The van der Waals surface area contributed by atoms with Crippen molar-refractivity contribution in [3.8, 4) is 0 Å². The van der Waals surface area contributed by atoms with Crippen molar-refractivity contribution in [3.63, 3.8) is 0 Å². The van der Waals surface area contributed by atoms with Gasteiger partial charge in [-0.05, 0) is 0 Å². The van der Waals surface area contributed by atoms with Crippen molar-refractivity contribution in [1.82, 2.24) is 5.06 Å². The molecule has 6 nitrogen and oxygen atoms in total. The smallest absolute Gasteiger partial charge is 0.335 e. The molecular formula is C5H14NO5P. The van der Waals surface area contributed by atoms with Crippen LogP contribution in [-0.4, -0.2) is 48.7 Å². The lowest BCUT2D eigenvalue weighted by atomic mass is 10.6. The molecule has 0 fully saturated rings. The van der Waals surface area contributed by atoms with Crippen LogP contribution in [0, 0.1) is 0 Å². The van der Waals surface area contributed by atoms with Crippen LogP contribution in [0.4, 0.5) is 0 Å². The highest BCUT2D eigenvalue weighted by Crippen LogP contribution is 2.23. The van der Waals surface area contributed by atoms with E-state index >= 15 is 0 Å². The first kappa shape index (κ1) is 12.0. The molecule has 2 N–H and O–H groups in total. The van der Waals surface area contributed by atoms with Crippen LogP contribution in [0.25, 0.3) is 0 Å². The average molecular weight is 199 g/mol. The largest absolute Gasteiger partial charge is 0.395 e. The van der Waals surface area contributed by atoms with E-state index in [9.17, 15) is 4.57 Å². The van der Waals surface area contributed by atoms with E-state index in [2.05, 4.69) is 4.52 Å². The summed E-state index contributed by atoms with van der Waals surface area (Å²) in [5, 5.41) is 18.2. The summed E-state index contributed by atoms with van der Waals surface area (Å²) in [7, 11) is -1.26. The third-order valence-corrected chi connectivity index (χ3v) is 1.81. The molecule has 1 unspecified atom stereocenters. The summed E-state index contributed by atoms with van der Waals surface area (Å²) >= 11 is 0. The highest BCUT2D eigenvalue weighted by molar-refractivity contribution is 7.33. The van der Waals surface area contributed by atoms with Gasteiger partial charge in [-0.3, -0.25) is 4.57 Å². The number of aliphatic hydroxyl groups is 2. The van der Waals surface area contributed by atoms with Gasteiger partial charge in [-0.1, -0.05) is 0 Å². The molecule has 0 aliphatic carbocycles. The summed E-state index contributed by atoms with van der Waals surface area (Å²) in [6, 6.07) is 0. The van der Waals surface area contributed by atoms with E-state index in [1.807, 2.05) is 0 Å². The van der Waals surface area contributed by atoms with Gasteiger partial charge in [-0.2, -0.15) is 5.06 Å². The molecule has 0 rings (SSSR count). The maximum absolute atomic E-state index is 10.7. The van der Waals surface area contributed by atoms with E-state index < -0.39 is 8.25 Å². The predicted molar refractivity (Wildman–Crippen MR) is 42.8 cm³/mol. The number of aliphatic hydroxyl groups excluding tert-OH is 2. The van der Waals surface area contributed by atoms with E-state index in [-0.39, 0.29) is 26.3 Å². The van der Waals surface area contributed by atoms with Crippen LogP contribution in [0.1, 0.15) is 0 Å². The van der Waals surface area contributed by atoms with Gasteiger partial charge < -0.3 is 14.7 Å². The highest BCUT2D eigenvalue weighted by Gasteiger charge is 2.07. The van der Waals surface area contributed by atoms with E-state index in [1.165, 1.54) is 12.2 Å². The molecule has 0 heterocycles. The molecule has 0 amide bonds. The molecule has 74 valence electrons. The second-order valence-corrected chi connectivity index (χ2v) is 3.01. The molecule has 7 heteroatoms. The van der Waals surface area contributed by atoms with Crippen LogP contribution in [0.3, 0.4) is 0 Å². The summed E-state index contributed by atoms with van der Waals surface area (Å²) < 4.78 is 19.8. The number of hydrogen-bond acceptors (Lipinski definition) is 6. The molecule has 0 aliphatic rings. The Bertz CT molecular complexity index is 127. The molecule has 0 aliphatic heterocycles. The number of hydroxylamine groups is 2. The van der Waals surface area contributed by atoms with Gasteiger partial charge in [-0.25, -0.2) is 4.62 Å². The number of nitrogens with zero attached hydrogens (tertiary/aromatic N) is 1. The van der Waals surface area contributed by atoms with Crippen molar-refractivity contribution >= 4 is 8.25 Å². The minimum atomic E-state index is -2.52. The van der Waals surface area contributed by atoms with Gasteiger partial charge >= 0.3 is 8.25 Å². The topological polar surface area (TPSA) is 79.2 Å². The molecule has 0 saturated carbocycles. The molecule has 0 aromatic heterocycles. The van der Waals surface area contributed by atoms with Crippen molar-refractivity contribution in [2.75, 3.05) is 33.4 Å². The van der Waals surface area contributed by atoms with Crippen molar-refractivity contribution in [3.05, 3.63) is 0 Å². The van der Waals surface area contributed by atoms with Crippen molar-refractivity contribution in [2.45, 2.75) is 0 Å². The average Bonchev–Trinajstić information content (AvgIpc) is 2.05. The fourth-order valence-corrected chi connectivity index (χ4v) is 1.04. The zero-order valence-corrected chi connectivity index (χ0v) is 7.89. The second-order valence-electron chi connectivity index (χ2n) is 1.92. The second kappa shape index (κ2) is 7.67. The summed E-state index contributed by atoms with van der Waals surface area (Å²) in [4.78, 5) is 0. The standard InChI is InChI=1S/C5H14NO5P/c1-10-12(9)11-6(2-4-7)3-5-8/h7-8,12H,2-5H2,1H3. The molecule has 0 aromatic rings. The molecule has 0 aromatic carbocycles. The van der Waals surface area contributed by atoms with Crippen molar-refractivity contribution in [1.29, 1.82) is 0 Å². The minimum Gasteiger partial charge on any atom is -0.395 e. The Balaban J connectivity index is 3.68. The Hall–Kier alpha value is 0.0300. The zero-order valence-electron chi connectivity index (χ0n) is 6.89. The summed E-state index contributed by atoms with van der Waals surface area (Å²) in [6.45, 7) is 0.137. The molecule has 1 atom stereocenters. The van der Waals surface area contributed by atoms with E-state index in [0.717, 1.165) is 0 Å². The van der Waals surface area contributed by atoms with Gasteiger partial charge in [0.1, 0.15) is 0 Å². The first-order valence-corrected chi connectivity index (χ1v) is 4.69. The van der Waals surface area contributed by atoms with Gasteiger partial charge in [0.2, 0.25) is 0 Å². The maximum atomic E-state index is 10.7. The van der Waals surface area contributed by atoms with Crippen LogP contribution in [0.5, 0.6) is 0 Å². The van der Waals surface area contributed by atoms with E-state index in [1.54, 1.807) is 0 Å². The molecule has 0 saturated heterocycles. The predicted octanol–water partition coefficient (Wildman–Crippen LogP) is -0.759. The lowest BCUT2D eigenvalue weighted by molar-refractivity contribution is -0.0787. The number of hydrogen-bond donors (Lipinski definition) is 2. The zero-order chi connectivity index (χ0) is 9.40. The Morgan fingerprint density at radius 3 is 2.17 bits per heavy atom. The number of rotatable bonds is 7. The van der Waals surface area contributed by atoms with Crippen LogP contribution < -0.4 is 0 Å². The Morgan fingerprint density at radius 2 is 1.83 bits per heavy atom. The van der Waals surface area contributed by atoms with Crippen LogP contribution >= 0.6 is 8.25 Å². The van der Waals surface area contributed by atoms with Crippen molar-refractivity contribution in [2.24, 2.45) is 0 Å². The highest BCUT2D eigenvalue weighted by atomic mass is 31.1. The summed E-state index contributed by atoms with van der Waals surface area (Å²) in [6.07, 6.45) is 0. The van der Waals surface area contributed by atoms with Crippen LogP contribution in [0.15, 0.2) is 0 Å². The molecular weight excluding hydrogens is 185 g/mol. The third kappa shape index (κ3) is 5.65. The monoisotopic (exact) mass is 199 g/mol. The quantitative estimate of drug-likeness (QED) is 0.414. The van der Waals surface area contributed by atoms with Crippen molar-refractivity contribution < 1.29 is 23.9 Å². The fraction of sp³-hybridized carbons (Fsp3) is 1.00. The first-order chi connectivity index (χ1) is 5.74. The van der Waals surface area contributed by atoms with Gasteiger partial charge in [-0.15, -0.1) is 0 Å². The van der Waals surface area contributed by atoms with E-state index in [4.69, 9.17) is 14.8 Å². The summed E-state index contributed by atoms with van der Waals surface area (Å²) in [5.74, 6) is 0. The third-order valence-electron chi connectivity index (χ3n) is 1.07. The lowest BCUT2D eigenvalue weighted by Crippen LogP contribution is -2.27. The summed E-state index contributed by atoms with van der Waals surface area (Å²) in [5.41, 5.74) is 0. The minimum absolute atomic E-state index is 0.126. The van der Waals surface area contributed by atoms with Gasteiger partial charge in [0.15, 0.2) is 0 Å².